The van der Waals surface area contributed by atoms with Crippen LogP contribution in [0.2, 0.25) is 0 Å². The van der Waals surface area contributed by atoms with Crippen molar-refractivity contribution in [3.8, 4) is 0 Å². The van der Waals surface area contributed by atoms with Crippen molar-refractivity contribution in [3.63, 3.8) is 0 Å². The molecule has 0 bridgehead atoms. The van der Waals surface area contributed by atoms with Gasteiger partial charge in [0.1, 0.15) is 5.69 Å². The fourth-order valence-electron chi connectivity index (χ4n) is 1.82. The molecule has 1 heterocycles. The highest BCUT2D eigenvalue weighted by molar-refractivity contribution is 9.10. The molecule has 1 unspecified atom stereocenters. The fraction of sp³-hybridized carbons (Fsp3) is 0.267. The van der Waals surface area contributed by atoms with Crippen molar-refractivity contribution in [3.05, 3.63) is 52.3 Å². The number of nitrogens with one attached hydrogen (secondary N) is 1. The fourth-order valence-corrected chi connectivity index (χ4v) is 2.72. The molecule has 9 heteroatoms. The van der Waals surface area contributed by atoms with Crippen molar-refractivity contribution < 1.29 is 18.0 Å². The second-order valence-corrected chi connectivity index (χ2v) is 6.71. The van der Waals surface area contributed by atoms with Gasteiger partial charge in [-0.15, -0.1) is 0 Å². The van der Waals surface area contributed by atoms with Crippen molar-refractivity contribution in [2.45, 2.75) is 24.3 Å². The lowest BCUT2D eigenvalue weighted by molar-refractivity contribution is -0.141. The molecule has 1 N–H and O–H groups in total. The first-order chi connectivity index (χ1) is 11.3. The van der Waals surface area contributed by atoms with Crippen molar-refractivity contribution in [1.82, 2.24) is 15.3 Å². The van der Waals surface area contributed by atoms with Gasteiger partial charge in [0.25, 0.3) is 0 Å². The highest BCUT2D eigenvalue weighted by Crippen LogP contribution is 2.28. The maximum atomic E-state index is 12.6. The predicted molar refractivity (Wildman–Crippen MR) is 88.5 cm³/mol. The first-order valence-electron chi connectivity index (χ1n) is 6.83. The summed E-state index contributed by atoms with van der Waals surface area (Å²) in [7, 11) is 0. The van der Waals surface area contributed by atoms with E-state index in [1.54, 1.807) is 0 Å². The number of hydrogen-bond acceptors (Lipinski definition) is 4. The highest BCUT2D eigenvalue weighted by Gasteiger charge is 2.32. The Kier molecular flexibility index (Phi) is 6.22. The number of hydrogen-bond donors (Lipinski definition) is 1. The summed E-state index contributed by atoms with van der Waals surface area (Å²) < 4.78 is 38.7. The predicted octanol–water partition coefficient (Wildman–Crippen LogP) is 4.23. The third-order valence-corrected chi connectivity index (χ3v) is 4.39. The minimum atomic E-state index is -4.53. The molecule has 1 aromatic carbocycles. The molecule has 0 aliphatic heterocycles. The molecular formula is C15H13BrF3N3OS. The Bertz CT molecular complexity index is 710. The first-order valence-corrected chi connectivity index (χ1v) is 8.61. The molecule has 2 rings (SSSR count). The minimum absolute atomic E-state index is 0.0673. The second-order valence-electron chi connectivity index (χ2n) is 4.85. The quantitative estimate of drug-likeness (QED) is 0.581. The van der Waals surface area contributed by atoms with E-state index in [1.165, 1.54) is 0 Å². The monoisotopic (exact) mass is 419 g/mol. The van der Waals surface area contributed by atoms with Crippen LogP contribution in [0.25, 0.3) is 0 Å². The Morgan fingerprint density at radius 1 is 1.29 bits per heavy atom. The zero-order valence-electron chi connectivity index (χ0n) is 12.5. The van der Waals surface area contributed by atoms with Crippen molar-refractivity contribution in [2.75, 3.05) is 5.75 Å². The lowest BCUT2D eigenvalue weighted by Gasteiger charge is -2.14. The molecule has 0 fully saturated rings. The maximum Gasteiger partial charge on any atom is 0.433 e. The Hall–Kier alpha value is -1.61. The number of aromatic nitrogens is 2. The molecule has 0 spiro atoms. The molecule has 0 radical (unpaired) electrons. The molecule has 1 aromatic heterocycles. The van der Waals surface area contributed by atoms with E-state index >= 15 is 0 Å². The number of halogens is 4. The van der Waals surface area contributed by atoms with E-state index < -0.39 is 11.9 Å². The van der Waals surface area contributed by atoms with Gasteiger partial charge in [-0.2, -0.15) is 13.2 Å². The zero-order chi connectivity index (χ0) is 17.7. The number of carbonyl (C=O) groups is 1. The Balaban J connectivity index is 1.90. The summed E-state index contributed by atoms with van der Waals surface area (Å²) >= 11 is 4.19. The largest absolute Gasteiger partial charge is 0.433 e. The third-order valence-electron chi connectivity index (χ3n) is 3.00. The van der Waals surface area contributed by atoms with Crippen LogP contribution in [-0.2, 0) is 11.0 Å². The number of rotatable bonds is 5. The topological polar surface area (TPSA) is 54.9 Å². The maximum absolute atomic E-state index is 12.6. The molecule has 24 heavy (non-hydrogen) atoms. The summed E-state index contributed by atoms with van der Waals surface area (Å²) in [6.07, 6.45) is -3.50. The van der Waals surface area contributed by atoms with E-state index in [4.69, 9.17) is 0 Å². The van der Waals surface area contributed by atoms with E-state index in [2.05, 4.69) is 31.2 Å². The van der Waals surface area contributed by atoms with Gasteiger partial charge in [-0.25, -0.2) is 9.97 Å². The summed E-state index contributed by atoms with van der Waals surface area (Å²) in [5.74, 6) is -0.376. The van der Waals surface area contributed by atoms with E-state index in [0.29, 0.717) is 0 Å². The van der Waals surface area contributed by atoms with Gasteiger partial charge in [0, 0.05) is 10.7 Å². The first kappa shape index (κ1) is 18.7. The third kappa shape index (κ3) is 5.48. The van der Waals surface area contributed by atoms with Crippen molar-refractivity contribution >= 4 is 33.6 Å². The van der Waals surface area contributed by atoms with Crippen LogP contribution >= 0.6 is 27.7 Å². The lowest BCUT2D eigenvalue weighted by Crippen LogP contribution is -2.28. The van der Waals surface area contributed by atoms with Crippen molar-refractivity contribution in [1.29, 1.82) is 0 Å². The Morgan fingerprint density at radius 2 is 1.96 bits per heavy atom. The number of nitrogens with zero attached hydrogens (tertiary/aromatic N) is 2. The molecule has 1 amide bonds. The van der Waals surface area contributed by atoms with Crippen LogP contribution in [0.3, 0.4) is 0 Å². The van der Waals surface area contributed by atoms with E-state index in [9.17, 15) is 18.0 Å². The lowest BCUT2D eigenvalue weighted by atomic mass is 10.1. The normalized spacial score (nSPS) is 12.7. The van der Waals surface area contributed by atoms with Gasteiger partial charge < -0.3 is 5.32 Å². The molecule has 0 saturated heterocycles. The molecule has 0 aliphatic rings. The standard InChI is InChI=1S/C15H13BrF3N3OS/c1-9(10-2-4-11(16)5-3-10)21-13(23)8-24-14-20-7-6-12(22-14)15(17,18)19/h2-7,9H,8H2,1H3,(H,21,23). The smallest absolute Gasteiger partial charge is 0.349 e. The molecule has 1 atom stereocenters. The average molecular weight is 420 g/mol. The van der Waals surface area contributed by atoms with Crippen molar-refractivity contribution in [2.24, 2.45) is 0 Å². The van der Waals surface area contributed by atoms with Crippen LogP contribution in [0.1, 0.15) is 24.2 Å². The number of benzene rings is 1. The van der Waals surface area contributed by atoms with Gasteiger partial charge in [-0.3, -0.25) is 4.79 Å². The summed E-state index contributed by atoms with van der Waals surface area (Å²) in [6.45, 7) is 1.83. The number of thioether (sulfide) groups is 1. The molecule has 4 nitrogen and oxygen atoms in total. The number of alkyl halides is 3. The van der Waals surface area contributed by atoms with Gasteiger partial charge in [0.05, 0.1) is 11.8 Å². The van der Waals surface area contributed by atoms with Crippen LogP contribution in [0.4, 0.5) is 13.2 Å². The summed E-state index contributed by atoms with van der Waals surface area (Å²) in [5.41, 5.74) is -0.101. The van der Waals surface area contributed by atoms with Gasteiger partial charge in [0.2, 0.25) is 5.91 Å². The SMILES string of the molecule is CC(NC(=O)CSc1nccc(C(F)(F)F)n1)c1ccc(Br)cc1. The highest BCUT2D eigenvalue weighted by atomic mass is 79.9. The van der Waals surface area contributed by atoms with Crippen LogP contribution < -0.4 is 5.32 Å². The summed E-state index contributed by atoms with van der Waals surface area (Å²) in [4.78, 5) is 19.1. The van der Waals surface area contributed by atoms with Crippen LogP contribution in [0.15, 0.2) is 46.2 Å². The Morgan fingerprint density at radius 3 is 2.58 bits per heavy atom. The minimum Gasteiger partial charge on any atom is -0.349 e. The van der Waals surface area contributed by atoms with Crippen LogP contribution in [0, 0.1) is 0 Å². The molecule has 0 aliphatic carbocycles. The van der Waals surface area contributed by atoms with E-state index in [1.807, 2.05) is 31.2 Å². The summed E-state index contributed by atoms with van der Waals surface area (Å²) in [5, 5.41) is 2.69. The average Bonchev–Trinajstić information content (AvgIpc) is 2.53. The Labute approximate surface area is 149 Å². The molecular weight excluding hydrogens is 407 g/mol. The van der Waals surface area contributed by atoms with E-state index in [-0.39, 0.29) is 22.9 Å². The van der Waals surface area contributed by atoms with Gasteiger partial charge in [0.15, 0.2) is 5.16 Å². The molecule has 2 aromatic rings. The number of amides is 1. The molecule has 0 saturated carbocycles. The second kappa shape index (κ2) is 7.98. The van der Waals surface area contributed by atoms with E-state index in [0.717, 1.165) is 34.1 Å². The van der Waals surface area contributed by atoms with Gasteiger partial charge in [-0.1, -0.05) is 39.8 Å². The van der Waals surface area contributed by atoms with Crippen LogP contribution in [0.5, 0.6) is 0 Å². The summed E-state index contributed by atoms with van der Waals surface area (Å²) in [6, 6.07) is 8.05. The zero-order valence-corrected chi connectivity index (χ0v) is 14.9. The molecule has 128 valence electrons. The van der Waals surface area contributed by atoms with Crippen LogP contribution in [-0.4, -0.2) is 21.6 Å². The number of carbonyl (C=O) groups excluding carboxylic acids is 1. The van der Waals surface area contributed by atoms with Gasteiger partial charge >= 0.3 is 6.18 Å². The van der Waals surface area contributed by atoms with Gasteiger partial charge in [-0.05, 0) is 30.7 Å².